The molecule has 0 bridgehead atoms. The highest BCUT2D eigenvalue weighted by Gasteiger charge is 2.27. The number of rotatable bonds is 4. The third kappa shape index (κ3) is 3.29. The number of nitrogens with one attached hydrogen (secondary N) is 1. The lowest BCUT2D eigenvalue weighted by molar-refractivity contribution is 0.0753. The van der Waals surface area contributed by atoms with E-state index in [4.69, 9.17) is 4.74 Å². The van der Waals surface area contributed by atoms with E-state index in [-0.39, 0.29) is 23.5 Å². The number of aromatic nitrogens is 3. The predicted molar refractivity (Wildman–Crippen MR) is 111 cm³/mol. The van der Waals surface area contributed by atoms with E-state index in [2.05, 4.69) is 14.3 Å². The second-order valence-corrected chi connectivity index (χ2v) is 7.44. The second-order valence-electron chi connectivity index (χ2n) is 6.67. The third-order valence-corrected chi connectivity index (χ3v) is 5.96. The molecule has 0 aliphatic carbocycles. The first-order valence-electron chi connectivity index (χ1n) is 9.35. The Hall–Kier alpha value is -3.14. The molecule has 1 amide bonds. The lowest BCUT2D eigenvalue weighted by atomic mass is 10.2. The Balaban J connectivity index is 1.56. The maximum absolute atomic E-state index is 13.0. The minimum Gasteiger partial charge on any atom is -0.495 e. The number of benzene rings is 1. The molecule has 0 atom stereocenters. The number of fused-ring (bicyclic) bond motifs is 1. The Kier molecular flexibility index (Phi) is 5.10. The number of aromatic amines is 1. The summed E-state index contributed by atoms with van der Waals surface area (Å²) in [5, 5.41) is 0. The standard InChI is InChI=1S/C19H21N5O4S/c1-3-24-17(25)15-14(20-19(24)27)16(29-21-15)18(26)23-10-8-22(9-11-23)12-6-4-5-7-13(12)28-2/h4-7H,3,8-11H2,1-2H3,(H,20,27). The highest BCUT2D eigenvalue weighted by Crippen LogP contribution is 2.29. The topological polar surface area (TPSA) is 101 Å². The van der Waals surface area contributed by atoms with Crippen molar-refractivity contribution in [1.29, 1.82) is 0 Å². The summed E-state index contributed by atoms with van der Waals surface area (Å²) in [6, 6.07) is 7.79. The van der Waals surface area contributed by atoms with E-state index in [0.29, 0.717) is 31.1 Å². The molecule has 2 aromatic heterocycles. The molecule has 1 aromatic carbocycles. The Morgan fingerprint density at radius 1 is 1.21 bits per heavy atom. The van der Waals surface area contributed by atoms with Crippen molar-refractivity contribution in [2.24, 2.45) is 0 Å². The molecule has 4 rings (SSSR count). The molecule has 1 fully saturated rings. The van der Waals surface area contributed by atoms with Crippen LogP contribution in [0.4, 0.5) is 5.69 Å². The molecule has 29 heavy (non-hydrogen) atoms. The quantitative estimate of drug-likeness (QED) is 0.686. The zero-order valence-corrected chi connectivity index (χ0v) is 17.0. The molecule has 3 heterocycles. The van der Waals surface area contributed by atoms with Crippen molar-refractivity contribution < 1.29 is 9.53 Å². The van der Waals surface area contributed by atoms with Gasteiger partial charge in [-0.1, -0.05) is 12.1 Å². The number of anilines is 1. The number of carbonyl (C=O) groups excluding carboxylic acids is 1. The highest BCUT2D eigenvalue weighted by atomic mass is 32.1. The van der Waals surface area contributed by atoms with Gasteiger partial charge in [-0.05, 0) is 30.6 Å². The smallest absolute Gasteiger partial charge is 0.328 e. The van der Waals surface area contributed by atoms with Crippen LogP contribution >= 0.6 is 11.5 Å². The van der Waals surface area contributed by atoms with Gasteiger partial charge in [-0.3, -0.25) is 14.2 Å². The summed E-state index contributed by atoms with van der Waals surface area (Å²) in [4.78, 5) is 44.4. The summed E-state index contributed by atoms with van der Waals surface area (Å²) in [5.41, 5.74) is 0.358. The fourth-order valence-corrected chi connectivity index (χ4v) is 4.36. The molecular formula is C19H21N5O4S. The van der Waals surface area contributed by atoms with Crippen LogP contribution in [0.5, 0.6) is 5.75 Å². The van der Waals surface area contributed by atoms with Crippen molar-refractivity contribution in [3.8, 4) is 5.75 Å². The highest BCUT2D eigenvalue weighted by molar-refractivity contribution is 7.09. The number of para-hydroxylation sites is 2. The summed E-state index contributed by atoms with van der Waals surface area (Å²) in [7, 11) is 1.64. The molecule has 0 unspecified atom stereocenters. The number of amides is 1. The van der Waals surface area contributed by atoms with Gasteiger partial charge in [0.15, 0.2) is 5.52 Å². The molecule has 10 heteroatoms. The van der Waals surface area contributed by atoms with Crippen molar-refractivity contribution in [3.05, 3.63) is 50.0 Å². The minimum atomic E-state index is -0.528. The van der Waals surface area contributed by atoms with Crippen molar-refractivity contribution in [1.82, 2.24) is 18.8 Å². The van der Waals surface area contributed by atoms with Crippen molar-refractivity contribution >= 4 is 34.2 Å². The Bertz CT molecular complexity index is 1170. The first-order chi connectivity index (χ1) is 14.0. The van der Waals surface area contributed by atoms with E-state index in [0.717, 1.165) is 27.5 Å². The number of piperazine rings is 1. The molecule has 1 aliphatic rings. The number of carbonyl (C=O) groups is 1. The molecule has 1 aliphatic heterocycles. The van der Waals surface area contributed by atoms with Gasteiger partial charge in [0.2, 0.25) is 0 Å². The Morgan fingerprint density at radius 2 is 1.93 bits per heavy atom. The molecule has 3 aromatic rings. The normalized spacial score (nSPS) is 14.4. The molecule has 152 valence electrons. The first-order valence-corrected chi connectivity index (χ1v) is 10.1. The number of hydrogen-bond acceptors (Lipinski definition) is 7. The molecule has 0 radical (unpaired) electrons. The lowest BCUT2D eigenvalue weighted by Crippen LogP contribution is -2.48. The van der Waals surface area contributed by atoms with Crippen LogP contribution < -0.4 is 20.9 Å². The van der Waals surface area contributed by atoms with Gasteiger partial charge in [0.25, 0.3) is 11.5 Å². The maximum Gasteiger partial charge on any atom is 0.328 e. The number of methoxy groups -OCH3 is 1. The molecule has 9 nitrogen and oxygen atoms in total. The van der Waals surface area contributed by atoms with Gasteiger partial charge >= 0.3 is 5.69 Å². The van der Waals surface area contributed by atoms with Gasteiger partial charge < -0.3 is 19.5 Å². The third-order valence-electron chi connectivity index (χ3n) is 5.12. The van der Waals surface area contributed by atoms with E-state index < -0.39 is 11.2 Å². The van der Waals surface area contributed by atoms with Crippen molar-refractivity contribution in [2.75, 3.05) is 38.2 Å². The molecule has 0 saturated carbocycles. The van der Waals surface area contributed by atoms with Gasteiger partial charge in [-0.2, -0.15) is 4.37 Å². The first kappa shape index (κ1) is 19.2. The van der Waals surface area contributed by atoms with E-state index in [1.807, 2.05) is 24.3 Å². The number of hydrogen-bond donors (Lipinski definition) is 1. The number of ether oxygens (including phenoxy) is 1. The monoisotopic (exact) mass is 415 g/mol. The Morgan fingerprint density at radius 3 is 2.62 bits per heavy atom. The van der Waals surface area contributed by atoms with E-state index in [9.17, 15) is 14.4 Å². The predicted octanol–water partition coefficient (Wildman–Crippen LogP) is 1.14. The van der Waals surface area contributed by atoms with Crippen molar-refractivity contribution in [2.45, 2.75) is 13.5 Å². The van der Waals surface area contributed by atoms with Crippen LogP contribution in [0.25, 0.3) is 11.0 Å². The summed E-state index contributed by atoms with van der Waals surface area (Å²) in [6.07, 6.45) is 0. The summed E-state index contributed by atoms with van der Waals surface area (Å²) in [6.45, 7) is 4.31. The summed E-state index contributed by atoms with van der Waals surface area (Å²) in [5.74, 6) is 0.576. The minimum absolute atomic E-state index is 0.132. The van der Waals surface area contributed by atoms with Gasteiger partial charge in [-0.15, -0.1) is 0 Å². The fraction of sp³-hybridized carbons (Fsp3) is 0.368. The van der Waals surface area contributed by atoms with Crippen LogP contribution in [0, 0.1) is 0 Å². The SMILES string of the molecule is CCn1c(=O)[nH]c2c(C(=O)N3CCN(c4ccccc4OC)CC3)snc2c1=O. The van der Waals surface area contributed by atoms with Crippen LogP contribution in [0.1, 0.15) is 16.6 Å². The maximum atomic E-state index is 13.0. The average molecular weight is 415 g/mol. The van der Waals surface area contributed by atoms with Gasteiger partial charge in [-0.25, -0.2) is 4.79 Å². The zero-order valence-electron chi connectivity index (χ0n) is 16.2. The van der Waals surface area contributed by atoms with E-state index in [1.165, 1.54) is 0 Å². The van der Waals surface area contributed by atoms with E-state index in [1.54, 1.807) is 18.9 Å². The van der Waals surface area contributed by atoms with Crippen LogP contribution in [0.3, 0.4) is 0 Å². The second kappa shape index (κ2) is 7.70. The van der Waals surface area contributed by atoms with Gasteiger partial charge in [0.1, 0.15) is 10.6 Å². The van der Waals surface area contributed by atoms with Crippen molar-refractivity contribution in [3.63, 3.8) is 0 Å². The van der Waals surface area contributed by atoms with E-state index >= 15 is 0 Å². The largest absolute Gasteiger partial charge is 0.495 e. The average Bonchev–Trinajstić information content (AvgIpc) is 3.17. The lowest BCUT2D eigenvalue weighted by Gasteiger charge is -2.36. The fourth-order valence-electron chi connectivity index (χ4n) is 3.56. The Labute approximate surface area is 170 Å². The summed E-state index contributed by atoms with van der Waals surface area (Å²) < 4.78 is 10.6. The molecule has 0 spiro atoms. The van der Waals surface area contributed by atoms with Crippen LogP contribution in [-0.2, 0) is 6.54 Å². The molecule has 1 N–H and O–H groups in total. The number of H-pyrrole nitrogens is 1. The van der Waals surface area contributed by atoms with Gasteiger partial charge in [0.05, 0.1) is 18.3 Å². The molecule has 1 saturated heterocycles. The van der Waals surface area contributed by atoms with Gasteiger partial charge in [0, 0.05) is 32.7 Å². The molecular weight excluding hydrogens is 394 g/mol. The van der Waals surface area contributed by atoms with Crippen LogP contribution in [0.15, 0.2) is 33.9 Å². The zero-order chi connectivity index (χ0) is 20.5. The van der Waals surface area contributed by atoms with Crippen LogP contribution in [0.2, 0.25) is 0 Å². The summed E-state index contributed by atoms with van der Waals surface area (Å²) >= 11 is 0.952. The van der Waals surface area contributed by atoms with Crippen LogP contribution in [-0.4, -0.2) is 58.0 Å². The number of nitrogens with zero attached hydrogens (tertiary/aromatic N) is 4.